The van der Waals surface area contributed by atoms with Crippen LogP contribution in [0.15, 0.2) is 0 Å². The lowest BCUT2D eigenvalue weighted by molar-refractivity contribution is -0.122. The third-order valence-corrected chi connectivity index (χ3v) is 1.90. The van der Waals surface area contributed by atoms with Gasteiger partial charge in [-0.05, 0) is 12.3 Å². The summed E-state index contributed by atoms with van der Waals surface area (Å²) in [5, 5.41) is 0. The Morgan fingerprint density at radius 2 is 2.00 bits per heavy atom. The highest BCUT2D eigenvalue weighted by Gasteiger charge is 2.11. The largest absolute Gasteiger partial charge is 0.273 e. The van der Waals surface area contributed by atoms with Crippen LogP contribution < -0.4 is 5.73 Å². The van der Waals surface area contributed by atoms with Crippen LogP contribution in [0.2, 0.25) is 0 Å². The van der Waals surface area contributed by atoms with Crippen LogP contribution in [-0.2, 0) is 4.79 Å². The molecule has 0 aromatic carbocycles. The van der Waals surface area contributed by atoms with Gasteiger partial charge in [0, 0.05) is 5.92 Å². The van der Waals surface area contributed by atoms with E-state index in [4.69, 9.17) is 5.73 Å². The molecule has 2 nitrogen and oxygen atoms in total. The van der Waals surface area contributed by atoms with Crippen molar-refractivity contribution in [3.63, 3.8) is 0 Å². The predicted octanol–water partition coefficient (Wildman–Crippen LogP) is 1.87. The van der Waals surface area contributed by atoms with Crippen LogP contribution in [0.25, 0.3) is 0 Å². The molecule has 0 aliphatic heterocycles. The van der Waals surface area contributed by atoms with Crippen molar-refractivity contribution in [3.05, 3.63) is 0 Å². The van der Waals surface area contributed by atoms with Gasteiger partial charge in [-0.3, -0.25) is 10.5 Å². The molecule has 0 bridgehead atoms. The standard InChI is InChI=1S/C8H16NO/c1-4-6(2)5-7(3)8(9)10/h6-7,9H,4-5H2,1-3H3. The Morgan fingerprint density at radius 3 is 2.30 bits per heavy atom. The first-order valence-corrected chi connectivity index (χ1v) is 3.83. The van der Waals surface area contributed by atoms with Gasteiger partial charge in [-0.25, -0.2) is 0 Å². The van der Waals surface area contributed by atoms with Crippen LogP contribution in [0.4, 0.5) is 0 Å². The van der Waals surface area contributed by atoms with Crippen molar-refractivity contribution in [2.45, 2.75) is 33.6 Å². The fourth-order valence-electron chi connectivity index (χ4n) is 0.877. The van der Waals surface area contributed by atoms with Crippen LogP contribution in [0.5, 0.6) is 0 Å². The Balaban J connectivity index is 3.56. The molecule has 0 saturated carbocycles. The fourth-order valence-corrected chi connectivity index (χ4v) is 0.877. The van der Waals surface area contributed by atoms with Gasteiger partial charge in [0.05, 0.1) is 0 Å². The quantitative estimate of drug-likeness (QED) is 0.590. The molecule has 0 aromatic heterocycles. The highest BCUT2D eigenvalue weighted by molar-refractivity contribution is 5.75. The van der Waals surface area contributed by atoms with Gasteiger partial charge in [0.2, 0.25) is 5.91 Å². The van der Waals surface area contributed by atoms with Crippen molar-refractivity contribution < 1.29 is 4.79 Å². The Hall–Kier alpha value is -0.530. The van der Waals surface area contributed by atoms with Crippen LogP contribution in [-0.4, -0.2) is 5.91 Å². The van der Waals surface area contributed by atoms with Gasteiger partial charge in [-0.15, -0.1) is 0 Å². The number of hydrogen-bond donors (Lipinski definition) is 0. The fraction of sp³-hybridized carbons (Fsp3) is 0.875. The monoisotopic (exact) mass is 142 g/mol. The van der Waals surface area contributed by atoms with Crippen molar-refractivity contribution in [1.82, 2.24) is 5.73 Å². The zero-order valence-corrected chi connectivity index (χ0v) is 6.98. The topological polar surface area (TPSA) is 40.9 Å². The van der Waals surface area contributed by atoms with Gasteiger partial charge in [-0.2, -0.15) is 0 Å². The normalized spacial score (nSPS) is 16.3. The lowest BCUT2D eigenvalue weighted by Gasteiger charge is -2.11. The molecule has 2 atom stereocenters. The zero-order chi connectivity index (χ0) is 8.15. The van der Waals surface area contributed by atoms with E-state index in [1.165, 1.54) is 0 Å². The van der Waals surface area contributed by atoms with E-state index in [-0.39, 0.29) is 5.92 Å². The minimum atomic E-state index is -0.430. The van der Waals surface area contributed by atoms with E-state index in [2.05, 4.69) is 13.8 Å². The second-order valence-electron chi connectivity index (χ2n) is 3.01. The Bertz CT molecular complexity index is 112. The molecular weight excluding hydrogens is 126 g/mol. The molecule has 0 aliphatic carbocycles. The molecule has 0 fully saturated rings. The molecule has 2 heteroatoms. The van der Waals surface area contributed by atoms with Gasteiger partial charge in [0.1, 0.15) is 0 Å². The Labute approximate surface area is 62.8 Å². The van der Waals surface area contributed by atoms with Crippen molar-refractivity contribution in [2.24, 2.45) is 11.8 Å². The molecule has 2 unspecified atom stereocenters. The van der Waals surface area contributed by atoms with Crippen molar-refractivity contribution in [3.8, 4) is 0 Å². The summed E-state index contributed by atoms with van der Waals surface area (Å²) < 4.78 is 0. The number of carbonyl (C=O) groups is 1. The summed E-state index contributed by atoms with van der Waals surface area (Å²) in [6, 6.07) is 0. The Kier molecular flexibility index (Phi) is 4.08. The molecule has 59 valence electrons. The molecule has 0 heterocycles. The van der Waals surface area contributed by atoms with Crippen LogP contribution in [0.3, 0.4) is 0 Å². The summed E-state index contributed by atoms with van der Waals surface area (Å²) in [5.41, 5.74) is 6.81. The van der Waals surface area contributed by atoms with Crippen molar-refractivity contribution >= 4 is 5.91 Å². The number of nitrogens with one attached hydrogen (secondary N) is 1. The molecule has 0 aromatic rings. The first kappa shape index (κ1) is 9.47. The van der Waals surface area contributed by atoms with Crippen molar-refractivity contribution in [1.29, 1.82) is 0 Å². The minimum Gasteiger partial charge on any atom is -0.273 e. The third kappa shape index (κ3) is 3.49. The van der Waals surface area contributed by atoms with Gasteiger partial charge in [-0.1, -0.05) is 27.2 Å². The molecule has 0 aliphatic rings. The zero-order valence-electron chi connectivity index (χ0n) is 6.98. The van der Waals surface area contributed by atoms with E-state index in [0.717, 1.165) is 12.8 Å². The van der Waals surface area contributed by atoms with E-state index in [1.54, 1.807) is 0 Å². The molecule has 10 heavy (non-hydrogen) atoms. The minimum absolute atomic E-state index is 0.0741. The predicted molar refractivity (Wildman–Crippen MR) is 41.3 cm³/mol. The summed E-state index contributed by atoms with van der Waals surface area (Å²) in [6.45, 7) is 6.03. The average Bonchev–Trinajstić information content (AvgIpc) is 1.87. The SMILES string of the molecule is CCC(C)CC(C)C([NH])=O. The van der Waals surface area contributed by atoms with E-state index >= 15 is 0 Å². The first-order chi connectivity index (χ1) is 4.57. The van der Waals surface area contributed by atoms with Gasteiger partial charge in [0.25, 0.3) is 0 Å². The lowest BCUT2D eigenvalue weighted by Crippen LogP contribution is -2.14. The van der Waals surface area contributed by atoms with E-state index in [1.807, 2.05) is 6.92 Å². The second-order valence-corrected chi connectivity index (χ2v) is 3.01. The van der Waals surface area contributed by atoms with E-state index in [0.29, 0.717) is 5.92 Å². The number of rotatable bonds is 4. The summed E-state index contributed by atoms with van der Waals surface area (Å²) >= 11 is 0. The summed E-state index contributed by atoms with van der Waals surface area (Å²) in [5.74, 6) is 0.0690. The Morgan fingerprint density at radius 1 is 1.50 bits per heavy atom. The molecule has 1 amide bonds. The lowest BCUT2D eigenvalue weighted by atomic mass is 9.95. The second kappa shape index (κ2) is 4.31. The van der Waals surface area contributed by atoms with Crippen LogP contribution >= 0.6 is 0 Å². The van der Waals surface area contributed by atoms with Gasteiger partial charge >= 0.3 is 0 Å². The first-order valence-electron chi connectivity index (χ1n) is 3.83. The maximum Gasteiger partial charge on any atom is 0.241 e. The van der Waals surface area contributed by atoms with Crippen LogP contribution in [0.1, 0.15) is 33.6 Å². The molecule has 1 radical (unpaired) electrons. The summed E-state index contributed by atoms with van der Waals surface area (Å²) in [7, 11) is 0. The maximum absolute atomic E-state index is 10.5. The molecular formula is C8H16NO. The summed E-state index contributed by atoms with van der Waals surface area (Å²) in [6.07, 6.45) is 1.95. The van der Waals surface area contributed by atoms with Crippen LogP contribution in [0, 0.1) is 11.8 Å². The number of hydrogen-bond acceptors (Lipinski definition) is 1. The van der Waals surface area contributed by atoms with Gasteiger partial charge < -0.3 is 0 Å². The summed E-state index contributed by atoms with van der Waals surface area (Å²) in [4.78, 5) is 10.5. The highest BCUT2D eigenvalue weighted by atomic mass is 16.1. The number of amides is 1. The molecule has 0 saturated heterocycles. The van der Waals surface area contributed by atoms with Crippen molar-refractivity contribution in [2.75, 3.05) is 0 Å². The van der Waals surface area contributed by atoms with E-state index in [9.17, 15) is 4.79 Å². The smallest absolute Gasteiger partial charge is 0.241 e. The van der Waals surface area contributed by atoms with Gasteiger partial charge in [0.15, 0.2) is 0 Å². The van der Waals surface area contributed by atoms with E-state index < -0.39 is 5.91 Å². The average molecular weight is 142 g/mol. The highest BCUT2D eigenvalue weighted by Crippen LogP contribution is 2.13. The molecule has 0 rings (SSSR count). The molecule has 0 spiro atoms. The third-order valence-electron chi connectivity index (χ3n) is 1.90. The number of carbonyl (C=O) groups excluding carboxylic acids is 1. The maximum atomic E-state index is 10.5. The molecule has 1 N–H and O–H groups in total.